The first-order valence-corrected chi connectivity index (χ1v) is 12.7. The van der Waals surface area contributed by atoms with Crippen LogP contribution in [0.15, 0.2) is 78.0 Å². The van der Waals surface area contributed by atoms with Crippen LogP contribution in [0.2, 0.25) is 0 Å². The Morgan fingerprint density at radius 1 is 0.973 bits per heavy atom. The van der Waals surface area contributed by atoms with Crippen molar-refractivity contribution in [1.82, 2.24) is 10.0 Å². The number of oxime groups is 1. The van der Waals surface area contributed by atoms with Crippen LogP contribution in [-0.2, 0) is 21.0 Å². The van der Waals surface area contributed by atoms with Crippen molar-refractivity contribution in [3.8, 4) is 0 Å². The predicted molar refractivity (Wildman–Crippen MR) is 144 cm³/mol. The van der Waals surface area contributed by atoms with Crippen molar-refractivity contribution in [2.45, 2.75) is 65.1 Å². The monoisotopic (exact) mass is 495 g/mol. The summed E-state index contributed by atoms with van der Waals surface area (Å²) in [6, 6.07) is 24.0. The summed E-state index contributed by atoms with van der Waals surface area (Å²) in [4.78, 5) is 33.4. The van der Waals surface area contributed by atoms with Crippen LogP contribution in [0.25, 0.3) is 0 Å². The summed E-state index contributed by atoms with van der Waals surface area (Å²) in [6.07, 6.45) is -0.702. The third-order valence-electron chi connectivity index (χ3n) is 7.34. The lowest BCUT2D eigenvalue weighted by molar-refractivity contribution is -0.169. The highest BCUT2D eigenvalue weighted by Crippen LogP contribution is 2.39. The highest BCUT2D eigenvalue weighted by molar-refractivity contribution is 6.12. The second-order valence-electron chi connectivity index (χ2n) is 10.7. The standard InChI is InChI=1S/C31H33N3O3/c1-20-16-21(2)26(22(3)17-20)28-27(24-14-10-7-11-15-24)29(37-32-28)30(36)34-25(35)18-31(4,5)33(34)19-23-12-8-6-9-13-23/h6-17,27,29H,18-19H2,1-5H3/t27-,29-/m0/s1. The Bertz CT molecular complexity index is 1340. The molecular weight excluding hydrogens is 462 g/mol. The summed E-state index contributed by atoms with van der Waals surface area (Å²) in [7, 11) is 0. The van der Waals surface area contributed by atoms with Gasteiger partial charge in [-0.1, -0.05) is 83.5 Å². The van der Waals surface area contributed by atoms with E-state index in [-0.39, 0.29) is 18.2 Å². The summed E-state index contributed by atoms with van der Waals surface area (Å²) in [5, 5.41) is 7.68. The molecule has 1 saturated heterocycles. The van der Waals surface area contributed by atoms with Gasteiger partial charge in [-0.3, -0.25) is 9.59 Å². The maximum atomic E-state index is 14.2. The zero-order chi connectivity index (χ0) is 26.3. The van der Waals surface area contributed by atoms with Crippen molar-refractivity contribution in [2.24, 2.45) is 5.16 Å². The van der Waals surface area contributed by atoms with Crippen molar-refractivity contribution in [3.05, 3.63) is 106 Å². The lowest BCUT2D eigenvalue weighted by Crippen LogP contribution is -2.53. The van der Waals surface area contributed by atoms with Crippen LogP contribution in [0, 0.1) is 20.8 Å². The lowest BCUT2D eigenvalue weighted by Gasteiger charge is -2.36. The molecule has 6 nitrogen and oxygen atoms in total. The molecule has 0 N–H and O–H groups in total. The molecule has 3 aromatic carbocycles. The maximum absolute atomic E-state index is 14.2. The molecule has 6 heteroatoms. The molecule has 190 valence electrons. The van der Waals surface area contributed by atoms with Crippen molar-refractivity contribution >= 4 is 17.5 Å². The minimum absolute atomic E-state index is 0.225. The summed E-state index contributed by atoms with van der Waals surface area (Å²) >= 11 is 0. The number of aryl methyl sites for hydroxylation is 3. The highest BCUT2D eigenvalue weighted by Gasteiger charge is 2.52. The van der Waals surface area contributed by atoms with Crippen LogP contribution in [0.5, 0.6) is 0 Å². The number of hydrogen-bond acceptors (Lipinski definition) is 5. The topological polar surface area (TPSA) is 62.2 Å². The van der Waals surface area contributed by atoms with Gasteiger partial charge in [-0.05, 0) is 56.9 Å². The average Bonchev–Trinajstić information content (AvgIpc) is 3.37. The number of hydrazine groups is 1. The summed E-state index contributed by atoms with van der Waals surface area (Å²) in [6.45, 7) is 10.6. The van der Waals surface area contributed by atoms with E-state index in [1.807, 2.05) is 79.5 Å². The highest BCUT2D eigenvalue weighted by atomic mass is 16.6. The van der Waals surface area contributed by atoms with Gasteiger partial charge >= 0.3 is 0 Å². The maximum Gasteiger partial charge on any atom is 0.288 e. The van der Waals surface area contributed by atoms with Gasteiger partial charge in [0, 0.05) is 24.1 Å². The zero-order valence-electron chi connectivity index (χ0n) is 22.1. The fraction of sp³-hybridized carbons (Fsp3) is 0.323. The number of imide groups is 1. The van der Waals surface area contributed by atoms with Gasteiger partial charge in [-0.25, -0.2) is 10.0 Å². The van der Waals surface area contributed by atoms with Gasteiger partial charge in [0.25, 0.3) is 5.91 Å². The van der Waals surface area contributed by atoms with Crippen LogP contribution in [0.4, 0.5) is 0 Å². The first-order valence-electron chi connectivity index (χ1n) is 12.7. The molecule has 3 aromatic rings. The van der Waals surface area contributed by atoms with E-state index >= 15 is 0 Å². The Hall–Kier alpha value is -3.77. The smallest absolute Gasteiger partial charge is 0.288 e. The second-order valence-corrected chi connectivity index (χ2v) is 10.7. The third-order valence-corrected chi connectivity index (χ3v) is 7.34. The molecule has 37 heavy (non-hydrogen) atoms. The number of hydrogen-bond donors (Lipinski definition) is 0. The van der Waals surface area contributed by atoms with E-state index in [0.717, 1.165) is 33.5 Å². The Labute approximate surface area is 218 Å². The van der Waals surface area contributed by atoms with E-state index < -0.39 is 17.6 Å². The molecule has 2 aliphatic rings. The van der Waals surface area contributed by atoms with Crippen molar-refractivity contribution in [1.29, 1.82) is 0 Å². The second kappa shape index (κ2) is 9.60. The fourth-order valence-electron chi connectivity index (χ4n) is 5.69. The number of nitrogens with zero attached hydrogens (tertiary/aromatic N) is 3. The van der Waals surface area contributed by atoms with Gasteiger partial charge < -0.3 is 4.84 Å². The molecule has 0 saturated carbocycles. The first-order chi connectivity index (χ1) is 17.7. The molecule has 0 aromatic heterocycles. The summed E-state index contributed by atoms with van der Waals surface area (Å²) < 4.78 is 0. The lowest BCUT2D eigenvalue weighted by atomic mass is 9.82. The molecular formula is C31H33N3O3. The molecule has 5 rings (SSSR count). The predicted octanol–water partition coefficient (Wildman–Crippen LogP) is 5.45. The van der Waals surface area contributed by atoms with Crippen LogP contribution in [0.1, 0.15) is 59.6 Å². The zero-order valence-corrected chi connectivity index (χ0v) is 22.1. The minimum atomic E-state index is -0.950. The molecule has 0 bridgehead atoms. The van der Waals surface area contributed by atoms with E-state index in [2.05, 4.69) is 38.1 Å². The first kappa shape index (κ1) is 24.9. The van der Waals surface area contributed by atoms with Gasteiger partial charge in [-0.15, -0.1) is 0 Å². The van der Waals surface area contributed by atoms with Crippen molar-refractivity contribution in [3.63, 3.8) is 0 Å². The van der Waals surface area contributed by atoms with Crippen molar-refractivity contribution in [2.75, 3.05) is 0 Å². The SMILES string of the molecule is Cc1cc(C)c(C2=NO[C@H](C(=O)N3C(=O)CC(C)(C)N3Cc3ccccc3)[C@H]2c2ccccc2)c(C)c1. The van der Waals surface area contributed by atoms with E-state index in [1.165, 1.54) is 10.6 Å². The molecule has 2 heterocycles. The van der Waals surface area contributed by atoms with Gasteiger partial charge in [0.2, 0.25) is 12.0 Å². The molecule has 2 atom stereocenters. The molecule has 0 radical (unpaired) electrons. The van der Waals surface area contributed by atoms with Gasteiger partial charge in [-0.2, -0.15) is 0 Å². The number of carbonyl (C=O) groups is 2. The molecule has 0 aliphatic carbocycles. The van der Waals surface area contributed by atoms with E-state index in [1.54, 1.807) is 0 Å². The Morgan fingerprint density at radius 2 is 1.57 bits per heavy atom. The molecule has 0 spiro atoms. The Morgan fingerprint density at radius 3 is 2.19 bits per heavy atom. The quantitative estimate of drug-likeness (QED) is 0.442. The third kappa shape index (κ3) is 4.58. The number of rotatable bonds is 5. The van der Waals surface area contributed by atoms with Crippen LogP contribution in [-0.4, -0.2) is 39.2 Å². The number of benzene rings is 3. The van der Waals surface area contributed by atoms with E-state index in [4.69, 9.17) is 4.84 Å². The van der Waals surface area contributed by atoms with Gasteiger partial charge in [0.15, 0.2) is 0 Å². The molecule has 1 fully saturated rings. The van der Waals surface area contributed by atoms with Crippen molar-refractivity contribution < 1.29 is 14.4 Å². The number of amides is 2. The summed E-state index contributed by atoms with van der Waals surface area (Å²) in [5.74, 6) is -1.05. The molecule has 2 amide bonds. The Balaban J connectivity index is 1.54. The average molecular weight is 496 g/mol. The van der Waals surface area contributed by atoms with E-state index in [0.29, 0.717) is 6.54 Å². The van der Waals surface area contributed by atoms with Gasteiger partial charge in [0.1, 0.15) is 0 Å². The van der Waals surface area contributed by atoms with Crippen LogP contribution in [0.3, 0.4) is 0 Å². The van der Waals surface area contributed by atoms with Gasteiger partial charge in [0.05, 0.1) is 11.6 Å². The number of carbonyl (C=O) groups excluding carboxylic acids is 2. The Kier molecular flexibility index (Phi) is 6.46. The normalized spacial score (nSPS) is 21.2. The molecule has 0 unspecified atom stereocenters. The minimum Gasteiger partial charge on any atom is -0.381 e. The van der Waals surface area contributed by atoms with Crippen LogP contribution >= 0.6 is 0 Å². The largest absolute Gasteiger partial charge is 0.381 e. The molecule has 2 aliphatic heterocycles. The summed E-state index contributed by atoms with van der Waals surface area (Å²) in [5.41, 5.74) is 6.48. The van der Waals surface area contributed by atoms with Crippen LogP contribution < -0.4 is 0 Å². The fourth-order valence-corrected chi connectivity index (χ4v) is 5.69. The van der Waals surface area contributed by atoms with E-state index in [9.17, 15) is 9.59 Å².